The van der Waals surface area contributed by atoms with Crippen molar-refractivity contribution in [3.63, 3.8) is 0 Å². The number of nitrogens with two attached hydrogens (primary N) is 1. The number of hydrogen-bond acceptors (Lipinski definition) is 3. The molecule has 68 valence electrons. The lowest BCUT2D eigenvalue weighted by Gasteiger charge is -2.08. The second-order valence-electron chi connectivity index (χ2n) is 2.71. The molecule has 0 saturated carbocycles. The summed E-state index contributed by atoms with van der Waals surface area (Å²) in [6, 6.07) is 0. The summed E-state index contributed by atoms with van der Waals surface area (Å²) >= 11 is 0. The molecule has 5 nitrogen and oxygen atoms in total. The van der Waals surface area contributed by atoms with E-state index in [0.717, 1.165) is 19.4 Å². The molecule has 0 aliphatic carbocycles. The van der Waals surface area contributed by atoms with Crippen LogP contribution in [0.1, 0.15) is 12.8 Å². The van der Waals surface area contributed by atoms with Gasteiger partial charge in [0, 0.05) is 13.2 Å². The molecule has 5 heteroatoms. The van der Waals surface area contributed by atoms with E-state index < -0.39 is 11.8 Å². The first-order chi connectivity index (χ1) is 5.70. The Kier molecular flexibility index (Phi) is 3.04. The van der Waals surface area contributed by atoms with Crippen molar-refractivity contribution >= 4 is 11.8 Å². The minimum Gasteiger partial charge on any atom is -0.376 e. The summed E-state index contributed by atoms with van der Waals surface area (Å²) in [7, 11) is 0. The van der Waals surface area contributed by atoms with Gasteiger partial charge in [-0.15, -0.1) is 0 Å². The molecule has 0 aromatic heterocycles. The summed E-state index contributed by atoms with van der Waals surface area (Å²) in [5.74, 6) is -1.70. The monoisotopic (exact) mass is 172 g/mol. The van der Waals surface area contributed by atoms with Crippen molar-refractivity contribution in [1.29, 1.82) is 0 Å². The van der Waals surface area contributed by atoms with Gasteiger partial charge < -0.3 is 15.8 Å². The Morgan fingerprint density at radius 2 is 2.33 bits per heavy atom. The second kappa shape index (κ2) is 4.06. The van der Waals surface area contributed by atoms with E-state index >= 15 is 0 Å². The van der Waals surface area contributed by atoms with Crippen molar-refractivity contribution in [1.82, 2.24) is 5.32 Å². The molecular weight excluding hydrogens is 160 g/mol. The third kappa shape index (κ3) is 2.50. The van der Waals surface area contributed by atoms with E-state index in [-0.39, 0.29) is 6.10 Å². The van der Waals surface area contributed by atoms with Crippen LogP contribution in [0, 0.1) is 0 Å². The third-order valence-electron chi connectivity index (χ3n) is 1.74. The fourth-order valence-corrected chi connectivity index (χ4v) is 1.10. The highest BCUT2D eigenvalue weighted by Crippen LogP contribution is 2.10. The minimum absolute atomic E-state index is 0.0494. The molecule has 1 saturated heterocycles. The maximum absolute atomic E-state index is 10.7. The van der Waals surface area contributed by atoms with Crippen molar-refractivity contribution in [3.05, 3.63) is 0 Å². The van der Waals surface area contributed by atoms with Crippen molar-refractivity contribution in [2.24, 2.45) is 5.73 Å². The lowest BCUT2D eigenvalue weighted by molar-refractivity contribution is -0.137. The van der Waals surface area contributed by atoms with E-state index in [1.807, 2.05) is 0 Å². The standard InChI is InChI=1S/C7H12N2O3/c8-6(10)7(11)9-4-5-2-1-3-12-5/h5H,1-4H2,(H2,8,10)(H,9,11). The number of ether oxygens (including phenoxy) is 1. The molecule has 1 fully saturated rings. The molecule has 1 heterocycles. The normalized spacial score (nSPS) is 22.2. The Morgan fingerprint density at radius 3 is 2.83 bits per heavy atom. The lowest BCUT2D eigenvalue weighted by atomic mass is 10.2. The number of hydrogen-bond donors (Lipinski definition) is 2. The van der Waals surface area contributed by atoms with Crippen LogP contribution < -0.4 is 11.1 Å². The Bertz CT molecular complexity index is 187. The first kappa shape index (κ1) is 8.99. The van der Waals surface area contributed by atoms with Crippen LogP contribution in [0.25, 0.3) is 0 Å². The Balaban J connectivity index is 2.16. The van der Waals surface area contributed by atoms with Crippen LogP contribution in [0.15, 0.2) is 0 Å². The van der Waals surface area contributed by atoms with Gasteiger partial charge in [0.15, 0.2) is 0 Å². The SMILES string of the molecule is NC(=O)C(=O)NCC1CCCO1. The summed E-state index contributed by atoms with van der Waals surface area (Å²) in [4.78, 5) is 20.9. The van der Waals surface area contributed by atoms with Crippen LogP contribution in [0.3, 0.4) is 0 Å². The molecule has 2 amide bonds. The zero-order chi connectivity index (χ0) is 8.97. The minimum atomic E-state index is -0.951. The molecule has 12 heavy (non-hydrogen) atoms. The molecule has 0 bridgehead atoms. The molecule has 1 atom stereocenters. The summed E-state index contributed by atoms with van der Waals surface area (Å²) in [6.07, 6.45) is 1.99. The van der Waals surface area contributed by atoms with Crippen LogP contribution >= 0.6 is 0 Å². The van der Waals surface area contributed by atoms with Crippen molar-refractivity contribution in [2.75, 3.05) is 13.2 Å². The Hall–Kier alpha value is -1.10. The van der Waals surface area contributed by atoms with Gasteiger partial charge in [-0.25, -0.2) is 0 Å². The predicted molar refractivity (Wildman–Crippen MR) is 41.2 cm³/mol. The smallest absolute Gasteiger partial charge is 0.309 e. The third-order valence-corrected chi connectivity index (χ3v) is 1.74. The Labute approximate surface area is 70.2 Å². The lowest BCUT2D eigenvalue weighted by Crippen LogP contribution is -2.39. The highest BCUT2D eigenvalue weighted by atomic mass is 16.5. The van der Waals surface area contributed by atoms with E-state index in [4.69, 9.17) is 10.5 Å². The van der Waals surface area contributed by atoms with Gasteiger partial charge in [0.2, 0.25) is 0 Å². The first-order valence-electron chi connectivity index (χ1n) is 3.89. The number of amides is 2. The number of carbonyl (C=O) groups excluding carboxylic acids is 2. The topological polar surface area (TPSA) is 81.4 Å². The summed E-state index contributed by atoms with van der Waals surface area (Å²) < 4.78 is 5.22. The molecule has 1 aliphatic heterocycles. The first-order valence-corrected chi connectivity index (χ1v) is 3.89. The van der Waals surface area contributed by atoms with Crippen LogP contribution in [-0.4, -0.2) is 31.1 Å². The second-order valence-corrected chi connectivity index (χ2v) is 2.71. The maximum atomic E-state index is 10.7. The number of primary amides is 1. The number of carbonyl (C=O) groups is 2. The summed E-state index contributed by atoms with van der Waals surface area (Å²) in [5, 5.41) is 2.39. The predicted octanol–water partition coefficient (Wildman–Crippen LogP) is -1.23. The Morgan fingerprint density at radius 1 is 1.58 bits per heavy atom. The number of rotatable bonds is 2. The zero-order valence-corrected chi connectivity index (χ0v) is 6.71. The maximum Gasteiger partial charge on any atom is 0.309 e. The van der Waals surface area contributed by atoms with Crippen LogP contribution in [0.2, 0.25) is 0 Å². The van der Waals surface area contributed by atoms with Crippen molar-refractivity contribution in [2.45, 2.75) is 18.9 Å². The van der Waals surface area contributed by atoms with Gasteiger partial charge in [-0.3, -0.25) is 9.59 Å². The van der Waals surface area contributed by atoms with Gasteiger partial charge in [-0.2, -0.15) is 0 Å². The van der Waals surface area contributed by atoms with E-state index in [1.165, 1.54) is 0 Å². The quantitative estimate of drug-likeness (QED) is 0.511. The largest absolute Gasteiger partial charge is 0.376 e. The van der Waals surface area contributed by atoms with Crippen LogP contribution in [0.5, 0.6) is 0 Å². The van der Waals surface area contributed by atoms with E-state index in [0.29, 0.717) is 6.54 Å². The molecule has 1 rings (SSSR count). The van der Waals surface area contributed by atoms with Gasteiger partial charge in [-0.1, -0.05) is 0 Å². The highest BCUT2D eigenvalue weighted by Gasteiger charge is 2.17. The highest BCUT2D eigenvalue weighted by molar-refractivity contribution is 6.34. The van der Waals surface area contributed by atoms with Crippen molar-refractivity contribution in [3.8, 4) is 0 Å². The molecule has 0 spiro atoms. The van der Waals surface area contributed by atoms with Gasteiger partial charge >= 0.3 is 11.8 Å². The fourth-order valence-electron chi connectivity index (χ4n) is 1.10. The molecular formula is C7H12N2O3. The molecule has 0 aromatic rings. The molecule has 3 N–H and O–H groups in total. The molecule has 1 unspecified atom stereocenters. The van der Waals surface area contributed by atoms with Crippen molar-refractivity contribution < 1.29 is 14.3 Å². The molecule has 0 radical (unpaired) electrons. The molecule has 1 aliphatic rings. The summed E-state index contributed by atoms with van der Waals surface area (Å²) in [5.41, 5.74) is 4.73. The van der Waals surface area contributed by atoms with Gasteiger partial charge in [0.05, 0.1) is 6.10 Å². The van der Waals surface area contributed by atoms with E-state index in [1.54, 1.807) is 0 Å². The number of nitrogens with one attached hydrogen (secondary N) is 1. The van der Waals surface area contributed by atoms with E-state index in [2.05, 4.69) is 5.32 Å². The van der Waals surface area contributed by atoms with E-state index in [9.17, 15) is 9.59 Å². The fraction of sp³-hybridized carbons (Fsp3) is 0.714. The zero-order valence-electron chi connectivity index (χ0n) is 6.71. The van der Waals surface area contributed by atoms with Crippen LogP contribution in [-0.2, 0) is 14.3 Å². The summed E-state index contributed by atoms with van der Waals surface area (Å²) in [6.45, 7) is 1.11. The molecule has 0 aromatic carbocycles. The van der Waals surface area contributed by atoms with Gasteiger partial charge in [-0.05, 0) is 12.8 Å². The van der Waals surface area contributed by atoms with Gasteiger partial charge in [0.25, 0.3) is 0 Å². The van der Waals surface area contributed by atoms with Crippen LogP contribution in [0.4, 0.5) is 0 Å². The van der Waals surface area contributed by atoms with Gasteiger partial charge in [0.1, 0.15) is 0 Å². The average molecular weight is 172 g/mol. The average Bonchev–Trinajstić information content (AvgIpc) is 2.51.